The van der Waals surface area contributed by atoms with Crippen LogP contribution in [0, 0.1) is 0 Å². The fraction of sp³-hybridized carbons (Fsp3) is 0.312. The standard InChI is InChI=1S/C16H16N4S/c1-2-5-12(6-3-1)11-15-18-17-14-9-10-16(19-20(14)15)21-13-7-4-8-13/h1-3,5-6,9-10,13H,4,7-8,11H2. The zero-order valence-corrected chi connectivity index (χ0v) is 12.5. The van der Waals surface area contributed by atoms with Crippen molar-refractivity contribution in [1.29, 1.82) is 0 Å². The molecule has 0 bridgehead atoms. The van der Waals surface area contributed by atoms with E-state index in [1.54, 1.807) is 0 Å². The SMILES string of the molecule is c1ccc(Cc2nnc3ccc(SC4CCC4)nn23)cc1. The minimum atomic E-state index is 0.740. The van der Waals surface area contributed by atoms with Crippen LogP contribution in [0.1, 0.15) is 30.7 Å². The summed E-state index contributed by atoms with van der Waals surface area (Å²) in [5, 5.41) is 15.0. The van der Waals surface area contributed by atoms with E-state index in [0.29, 0.717) is 0 Å². The highest BCUT2D eigenvalue weighted by molar-refractivity contribution is 7.99. The van der Waals surface area contributed by atoms with Crippen molar-refractivity contribution in [3.8, 4) is 0 Å². The summed E-state index contributed by atoms with van der Waals surface area (Å²) >= 11 is 1.88. The molecule has 5 heteroatoms. The Morgan fingerprint density at radius 3 is 2.67 bits per heavy atom. The lowest BCUT2D eigenvalue weighted by Crippen LogP contribution is -2.13. The van der Waals surface area contributed by atoms with Gasteiger partial charge in [-0.1, -0.05) is 36.8 Å². The van der Waals surface area contributed by atoms with Gasteiger partial charge in [0.25, 0.3) is 0 Å². The molecule has 0 spiro atoms. The van der Waals surface area contributed by atoms with Crippen LogP contribution in [0.4, 0.5) is 0 Å². The third kappa shape index (κ3) is 2.65. The Morgan fingerprint density at radius 2 is 1.90 bits per heavy atom. The summed E-state index contributed by atoms with van der Waals surface area (Å²) in [5.74, 6) is 0.896. The summed E-state index contributed by atoms with van der Waals surface area (Å²) in [6.07, 6.45) is 4.73. The average molecular weight is 296 g/mol. The van der Waals surface area contributed by atoms with Gasteiger partial charge in [-0.05, 0) is 30.5 Å². The summed E-state index contributed by atoms with van der Waals surface area (Å²) < 4.78 is 1.88. The fourth-order valence-corrected chi connectivity index (χ4v) is 3.61. The normalized spacial score (nSPS) is 15.2. The van der Waals surface area contributed by atoms with E-state index >= 15 is 0 Å². The molecular weight excluding hydrogens is 280 g/mol. The fourth-order valence-electron chi connectivity index (χ4n) is 2.43. The lowest BCUT2D eigenvalue weighted by Gasteiger charge is -2.23. The summed E-state index contributed by atoms with van der Waals surface area (Å²) in [6.45, 7) is 0. The molecule has 0 aliphatic heterocycles. The predicted octanol–water partition coefficient (Wildman–Crippen LogP) is 3.36. The Morgan fingerprint density at radius 1 is 1.05 bits per heavy atom. The van der Waals surface area contributed by atoms with E-state index in [2.05, 4.69) is 28.4 Å². The Kier molecular flexibility index (Phi) is 3.35. The van der Waals surface area contributed by atoms with Crippen LogP contribution in [0.5, 0.6) is 0 Å². The zero-order chi connectivity index (χ0) is 14.1. The minimum absolute atomic E-state index is 0.740. The number of nitrogens with zero attached hydrogens (tertiary/aromatic N) is 4. The second-order valence-corrected chi connectivity index (χ2v) is 6.71. The van der Waals surface area contributed by atoms with Gasteiger partial charge in [0.15, 0.2) is 11.5 Å². The first-order chi connectivity index (χ1) is 10.4. The molecule has 0 saturated heterocycles. The van der Waals surface area contributed by atoms with Crippen molar-refractivity contribution in [1.82, 2.24) is 19.8 Å². The van der Waals surface area contributed by atoms with Crippen LogP contribution in [0.15, 0.2) is 47.5 Å². The van der Waals surface area contributed by atoms with Gasteiger partial charge in [0.05, 0.1) is 0 Å². The Balaban J connectivity index is 1.63. The van der Waals surface area contributed by atoms with Crippen LogP contribution in [-0.2, 0) is 6.42 Å². The highest BCUT2D eigenvalue weighted by Crippen LogP contribution is 2.35. The van der Waals surface area contributed by atoms with Crippen molar-refractivity contribution in [2.45, 2.75) is 36.0 Å². The molecule has 0 amide bonds. The highest BCUT2D eigenvalue weighted by Gasteiger charge is 2.19. The maximum absolute atomic E-state index is 4.71. The van der Waals surface area contributed by atoms with Crippen LogP contribution >= 0.6 is 11.8 Å². The zero-order valence-electron chi connectivity index (χ0n) is 11.6. The van der Waals surface area contributed by atoms with Crippen molar-refractivity contribution in [2.24, 2.45) is 0 Å². The van der Waals surface area contributed by atoms with E-state index in [4.69, 9.17) is 5.10 Å². The first kappa shape index (κ1) is 12.8. The van der Waals surface area contributed by atoms with Crippen molar-refractivity contribution in [3.05, 3.63) is 53.9 Å². The maximum Gasteiger partial charge on any atom is 0.177 e. The van der Waals surface area contributed by atoms with Gasteiger partial charge in [0.2, 0.25) is 0 Å². The molecule has 1 fully saturated rings. The van der Waals surface area contributed by atoms with Crippen molar-refractivity contribution < 1.29 is 0 Å². The quantitative estimate of drug-likeness (QED) is 0.740. The highest BCUT2D eigenvalue weighted by atomic mass is 32.2. The van der Waals surface area contributed by atoms with E-state index < -0.39 is 0 Å². The Hall–Kier alpha value is -1.88. The molecule has 4 rings (SSSR count). The van der Waals surface area contributed by atoms with Gasteiger partial charge in [-0.2, -0.15) is 9.61 Å². The van der Waals surface area contributed by atoms with Gasteiger partial charge in [-0.3, -0.25) is 0 Å². The molecule has 21 heavy (non-hydrogen) atoms. The van der Waals surface area contributed by atoms with Gasteiger partial charge in [0.1, 0.15) is 5.03 Å². The van der Waals surface area contributed by atoms with Gasteiger partial charge in [0, 0.05) is 11.7 Å². The number of hydrogen-bond acceptors (Lipinski definition) is 4. The minimum Gasteiger partial charge on any atom is -0.196 e. The molecule has 106 valence electrons. The molecule has 1 aliphatic carbocycles. The molecular formula is C16H16N4S. The smallest absolute Gasteiger partial charge is 0.177 e. The van der Waals surface area contributed by atoms with Gasteiger partial charge >= 0.3 is 0 Å². The molecule has 1 aromatic carbocycles. The lowest BCUT2D eigenvalue weighted by molar-refractivity contribution is 0.521. The number of thioether (sulfide) groups is 1. The maximum atomic E-state index is 4.71. The molecule has 4 nitrogen and oxygen atoms in total. The van der Waals surface area contributed by atoms with Crippen molar-refractivity contribution >= 4 is 17.4 Å². The van der Waals surface area contributed by atoms with E-state index in [1.165, 1.54) is 24.8 Å². The van der Waals surface area contributed by atoms with Gasteiger partial charge < -0.3 is 0 Å². The Labute approximate surface area is 127 Å². The van der Waals surface area contributed by atoms with Crippen molar-refractivity contribution in [3.63, 3.8) is 0 Å². The van der Waals surface area contributed by atoms with Crippen LogP contribution < -0.4 is 0 Å². The van der Waals surface area contributed by atoms with Crippen LogP contribution in [0.3, 0.4) is 0 Å². The molecule has 0 atom stereocenters. The first-order valence-corrected chi connectivity index (χ1v) is 8.18. The van der Waals surface area contributed by atoms with E-state index in [1.807, 2.05) is 40.5 Å². The largest absolute Gasteiger partial charge is 0.196 e. The monoisotopic (exact) mass is 296 g/mol. The molecule has 0 unspecified atom stereocenters. The molecule has 2 heterocycles. The molecule has 1 saturated carbocycles. The molecule has 1 aliphatic rings. The van der Waals surface area contributed by atoms with E-state index in [9.17, 15) is 0 Å². The summed E-state index contributed by atoms with van der Waals surface area (Å²) in [5.41, 5.74) is 2.05. The van der Waals surface area contributed by atoms with Crippen LogP contribution in [-0.4, -0.2) is 25.1 Å². The molecule has 0 radical (unpaired) electrons. The van der Waals surface area contributed by atoms with Crippen LogP contribution in [0.2, 0.25) is 0 Å². The number of benzene rings is 1. The molecule has 2 aromatic heterocycles. The summed E-state index contributed by atoms with van der Waals surface area (Å²) in [6, 6.07) is 14.4. The summed E-state index contributed by atoms with van der Waals surface area (Å²) in [4.78, 5) is 0. The van der Waals surface area contributed by atoms with Gasteiger partial charge in [-0.25, -0.2) is 0 Å². The summed E-state index contributed by atoms with van der Waals surface area (Å²) in [7, 11) is 0. The molecule has 3 aromatic rings. The predicted molar refractivity (Wildman–Crippen MR) is 83.5 cm³/mol. The topological polar surface area (TPSA) is 43.1 Å². The Bertz CT molecular complexity index is 749. The average Bonchev–Trinajstić information content (AvgIpc) is 2.87. The third-order valence-electron chi connectivity index (χ3n) is 3.85. The van der Waals surface area contributed by atoms with E-state index in [-0.39, 0.29) is 0 Å². The second-order valence-electron chi connectivity index (χ2n) is 5.39. The number of fused-ring (bicyclic) bond motifs is 1. The van der Waals surface area contributed by atoms with Gasteiger partial charge in [-0.15, -0.1) is 22.0 Å². The second kappa shape index (κ2) is 5.48. The number of hydrogen-bond donors (Lipinski definition) is 0. The number of aromatic nitrogens is 4. The number of rotatable bonds is 4. The lowest BCUT2D eigenvalue weighted by atomic mass is 10.0. The first-order valence-electron chi connectivity index (χ1n) is 7.30. The third-order valence-corrected chi connectivity index (χ3v) is 5.11. The molecule has 0 N–H and O–H groups in total. The van der Waals surface area contributed by atoms with Crippen LogP contribution in [0.25, 0.3) is 5.65 Å². The van der Waals surface area contributed by atoms with E-state index in [0.717, 1.165) is 28.2 Å². The van der Waals surface area contributed by atoms with Crippen molar-refractivity contribution in [2.75, 3.05) is 0 Å².